The maximum Gasteiger partial charge on any atom is -0.0184 e. The van der Waals surface area contributed by atoms with E-state index in [1.54, 1.807) is 6.08 Å². The van der Waals surface area contributed by atoms with E-state index in [1.807, 2.05) is 18.2 Å². The van der Waals surface area contributed by atoms with Gasteiger partial charge in [0.2, 0.25) is 0 Å². The van der Waals surface area contributed by atoms with Gasteiger partial charge in [-0.15, -0.1) is 0 Å². The Kier molecular flexibility index (Phi) is 5.14. The Bertz CT molecular complexity index is 586. The molecule has 2 rings (SSSR count). The molecule has 0 N–H and O–H groups in total. The van der Waals surface area contributed by atoms with Gasteiger partial charge in [0, 0.05) is 0 Å². The summed E-state index contributed by atoms with van der Waals surface area (Å²) in [6, 6.07) is 19.2. The fourth-order valence-corrected chi connectivity index (χ4v) is 2.09. The van der Waals surface area contributed by atoms with Crippen LogP contribution in [0.25, 0.3) is 11.1 Å². The fraction of sp³-hybridized carbons (Fsp3) is 0.100. The van der Waals surface area contributed by atoms with Gasteiger partial charge in [-0.2, -0.15) is 0 Å². The first-order valence-electron chi connectivity index (χ1n) is 6.91. The van der Waals surface area contributed by atoms with Crippen LogP contribution in [0.3, 0.4) is 0 Å². The van der Waals surface area contributed by atoms with Crippen LogP contribution in [0.15, 0.2) is 91.6 Å². The van der Waals surface area contributed by atoms with E-state index in [0.717, 1.165) is 18.4 Å². The van der Waals surface area contributed by atoms with Gasteiger partial charge >= 0.3 is 0 Å². The summed E-state index contributed by atoms with van der Waals surface area (Å²) in [5, 5.41) is 0. The standard InChI is InChI=1S/C20H20/c1-3-4-8-17(2)11-12-18-13-15-20(16-14-18)19-9-6-5-7-10-19/h3-10,13-16H,1-2,11-12H2/b8-4-. The molecule has 0 radical (unpaired) electrons. The zero-order valence-electron chi connectivity index (χ0n) is 11.8. The van der Waals surface area contributed by atoms with Gasteiger partial charge in [-0.3, -0.25) is 0 Å². The first-order valence-corrected chi connectivity index (χ1v) is 6.91. The van der Waals surface area contributed by atoms with E-state index in [9.17, 15) is 0 Å². The van der Waals surface area contributed by atoms with E-state index in [0.29, 0.717) is 0 Å². The molecule has 0 heteroatoms. The Morgan fingerprint density at radius 1 is 0.900 bits per heavy atom. The van der Waals surface area contributed by atoms with Crippen molar-refractivity contribution in [2.24, 2.45) is 0 Å². The average molecular weight is 260 g/mol. The van der Waals surface area contributed by atoms with Gasteiger partial charge in [0.05, 0.1) is 0 Å². The Morgan fingerprint density at radius 3 is 2.20 bits per heavy atom. The summed E-state index contributed by atoms with van der Waals surface area (Å²) in [5.74, 6) is 0. The smallest absolute Gasteiger partial charge is 0.0184 e. The highest BCUT2D eigenvalue weighted by Crippen LogP contribution is 2.20. The molecule has 0 nitrogen and oxygen atoms in total. The van der Waals surface area contributed by atoms with Gasteiger partial charge in [-0.05, 0) is 29.5 Å². The molecule has 0 aliphatic carbocycles. The van der Waals surface area contributed by atoms with E-state index < -0.39 is 0 Å². The highest BCUT2D eigenvalue weighted by Gasteiger charge is 1.98. The van der Waals surface area contributed by atoms with E-state index in [1.165, 1.54) is 16.7 Å². The topological polar surface area (TPSA) is 0 Å². The van der Waals surface area contributed by atoms with E-state index in [-0.39, 0.29) is 0 Å². The van der Waals surface area contributed by atoms with Gasteiger partial charge in [0.25, 0.3) is 0 Å². The van der Waals surface area contributed by atoms with Gasteiger partial charge < -0.3 is 0 Å². The number of aryl methyl sites for hydroxylation is 1. The molecule has 100 valence electrons. The van der Waals surface area contributed by atoms with Crippen LogP contribution in [0.4, 0.5) is 0 Å². The number of allylic oxidation sites excluding steroid dienone is 4. The SMILES string of the molecule is C=C/C=C\C(=C)CCc1ccc(-c2ccccc2)cc1. The van der Waals surface area contributed by atoms with E-state index >= 15 is 0 Å². The predicted octanol–water partition coefficient (Wildman–Crippen LogP) is 5.58. The molecule has 0 amide bonds. The summed E-state index contributed by atoms with van der Waals surface area (Å²) in [7, 11) is 0. The summed E-state index contributed by atoms with van der Waals surface area (Å²) in [4.78, 5) is 0. The van der Waals surface area contributed by atoms with Gasteiger partial charge in [-0.1, -0.05) is 91.6 Å². The van der Waals surface area contributed by atoms with E-state index in [2.05, 4.69) is 61.7 Å². The monoisotopic (exact) mass is 260 g/mol. The van der Waals surface area contributed by atoms with Crippen molar-refractivity contribution in [1.82, 2.24) is 0 Å². The van der Waals surface area contributed by atoms with Crippen molar-refractivity contribution in [3.05, 3.63) is 97.1 Å². The minimum Gasteiger partial charge on any atom is -0.0991 e. The number of benzene rings is 2. The largest absolute Gasteiger partial charge is 0.0991 e. The fourth-order valence-electron chi connectivity index (χ4n) is 2.09. The lowest BCUT2D eigenvalue weighted by Gasteiger charge is -2.05. The van der Waals surface area contributed by atoms with Crippen LogP contribution in [-0.4, -0.2) is 0 Å². The minimum atomic E-state index is 0.981. The van der Waals surface area contributed by atoms with Gasteiger partial charge in [0.15, 0.2) is 0 Å². The number of hydrogen-bond donors (Lipinski definition) is 0. The first-order chi connectivity index (χ1) is 9.79. The van der Waals surface area contributed by atoms with E-state index in [4.69, 9.17) is 0 Å². The van der Waals surface area contributed by atoms with Crippen LogP contribution in [0.1, 0.15) is 12.0 Å². The van der Waals surface area contributed by atoms with Gasteiger partial charge in [0.1, 0.15) is 0 Å². The molecule has 0 unspecified atom stereocenters. The second kappa shape index (κ2) is 7.30. The van der Waals surface area contributed by atoms with Crippen LogP contribution >= 0.6 is 0 Å². The lowest BCUT2D eigenvalue weighted by atomic mass is 10.0. The Morgan fingerprint density at radius 2 is 1.55 bits per heavy atom. The van der Waals surface area contributed by atoms with Crippen molar-refractivity contribution < 1.29 is 0 Å². The second-order valence-electron chi connectivity index (χ2n) is 4.82. The molecule has 0 aliphatic heterocycles. The molecule has 2 aromatic rings. The molecule has 2 aromatic carbocycles. The van der Waals surface area contributed by atoms with Crippen molar-refractivity contribution in [2.75, 3.05) is 0 Å². The molecule has 0 saturated heterocycles. The third-order valence-electron chi connectivity index (χ3n) is 3.26. The average Bonchev–Trinajstić information content (AvgIpc) is 2.52. The lowest BCUT2D eigenvalue weighted by Crippen LogP contribution is -1.87. The Balaban J connectivity index is 1.97. The molecule has 0 aromatic heterocycles. The number of hydrogen-bond acceptors (Lipinski definition) is 0. The summed E-state index contributed by atoms with van der Waals surface area (Å²) in [6.07, 6.45) is 7.73. The molecule has 0 atom stereocenters. The molecule has 0 saturated carbocycles. The molecule has 20 heavy (non-hydrogen) atoms. The van der Waals surface area contributed by atoms with Crippen LogP contribution in [0.5, 0.6) is 0 Å². The maximum absolute atomic E-state index is 4.04. The summed E-state index contributed by atoms with van der Waals surface area (Å²) < 4.78 is 0. The van der Waals surface area contributed by atoms with Crippen molar-refractivity contribution in [1.29, 1.82) is 0 Å². The Labute approximate surface area is 121 Å². The summed E-state index contributed by atoms with van der Waals surface area (Å²) in [5.41, 5.74) is 5.01. The second-order valence-corrected chi connectivity index (χ2v) is 4.82. The molecule has 0 fully saturated rings. The summed E-state index contributed by atoms with van der Waals surface area (Å²) in [6.45, 7) is 7.70. The van der Waals surface area contributed by atoms with Crippen molar-refractivity contribution in [3.63, 3.8) is 0 Å². The quantitative estimate of drug-likeness (QED) is 0.594. The van der Waals surface area contributed by atoms with Crippen LogP contribution in [0, 0.1) is 0 Å². The Hall–Kier alpha value is -2.34. The van der Waals surface area contributed by atoms with Crippen LogP contribution in [0.2, 0.25) is 0 Å². The van der Waals surface area contributed by atoms with Crippen LogP contribution < -0.4 is 0 Å². The third kappa shape index (κ3) is 4.10. The van der Waals surface area contributed by atoms with Crippen molar-refractivity contribution in [2.45, 2.75) is 12.8 Å². The van der Waals surface area contributed by atoms with Crippen molar-refractivity contribution >= 4 is 0 Å². The molecule has 0 spiro atoms. The van der Waals surface area contributed by atoms with Gasteiger partial charge in [-0.25, -0.2) is 0 Å². The third-order valence-corrected chi connectivity index (χ3v) is 3.26. The number of rotatable bonds is 6. The molecular weight excluding hydrogens is 240 g/mol. The zero-order valence-corrected chi connectivity index (χ0v) is 11.8. The zero-order chi connectivity index (χ0) is 14.2. The highest BCUT2D eigenvalue weighted by molar-refractivity contribution is 5.63. The van der Waals surface area contributed by atoms with Crippen molar-refractivity contribution in [3.8, 4) is 11.1 Å². The molecule has 0 bridgehead atoms. The van der Waals surface area contributed by atoms with Crippen LogP contribution in [-0.2, 0) is 6.42 Å². The molecular formula is C20H20. The maximum atomic E-state index is 4.04. The first kappa shape index (κ1) is 14.1. The minimum absolute atomic E-state index is 0.981. The normalized spacial score (nSPS) is 10.6. The predicted molar refractivity (Wildman–Crippen MR) is 88.7 cm³/mol. The molecule has 0 aliphatic rings. The highest BCUT2D eigenvalue weighted by atomic mass is 14.0. The lowest BCUT2D eigenvalue weighted by molar-refractivity contribution is 0.969. The molecule has 0 heterocycles. The summed E-state index contributed by atoms with van der Waals surface area (Å²) >= 11 is 0.